The number of pyridine rings is 1. The molecule has 110 valence electrons. The summed E-state index contributed by atoms with van der Waals surface area (Å²) in [6, 6.07) is 8.04. The lowest BCUT2D eigenvalue weighted by Crippen LogP contribution is -2.23. The lowest BCUT2D eigenvalue weighted by molar-refractivity contribution is -0.137. The minimum Gasteiger partial charge on any atom is -0.348 e. The summed E-state index contributed by atoms with van der Waals surface area (Å²) in [5.41, 5.74) is 1.10. The number of hydrogen-bond donors (Lipinski definition) is 1. The number of halogens is 3. The first-order chi connectivity index (χ1) is 9.86. The van der Waals surface area contributed by atoms with Gasteiger partial charge in [0.15, 0.2) is 0 Å². The maximum atomic E-state index is 12.4. The van der Waals surface area contributed by atoms with Gasteiger partial charge < -0.3 is 5.32 Å². The van der Waals surface area contributed by atoms with Gasteiger partial charge in [0.2, 0.25) is 0 Å². The summed E-state index contributed by atoms with van der Waals surface area (Å²) in [4.78, 5) is 15.8. The fourth-order valence-electron chi connectivity index (χ4n) is 1.70. The predicted octanol–water partition coefficient (Wildman–Crippen LogP) is 3.34. The second kappa shape index (κ2) is 5.95. The number of nitrogens with one attached hydrogen (secondary N) is 1. The molecule has 0 aliphatic carbocycles. The number of alkyl halides is 3. The molecule has 0 bridgehead atoms. The Kier molecular flexibility index (Phi) is 4.26. The van der Waals surface area contributed by atoms with Gasteiger partial charge in [-0.1, -0.05) is 12.1 Å². The Balaban J connectivity index is 1.97. The summed E-state index contributed by atoms with van der Waals surface area (Å²) in [6.45, 7) is 1.97. The van der Waals surface area contributed by atoms with E-state index in [2.05, 4.69) is 10.3 Å². The summed E-state index contributed by atoms with van der Waals surface area (Å²) in [5.74, 6) is -0.317. The van der Waals surface area contributed by atoms with E-state index in [-0.39, 0.29) is 12.5 Å². The van der Waals surface area contributed by atoms with Gasteiger partial charge in [-0.3, -0.25) is 9.78 Å². The van der Waals surface area contributed by atoms with Gasteiger partial charge in [-0.25, -0.2) is 0 Å². The fourth-order valence-corrected chi connectivity index (χ4v) is 1.70. The fraction of sp³-hybridized carbons (Fsp3) is 0.200. The van der Waals surface area contributed by atoms with E-state index < -0.39 is 11.7 Å². The smallest absolute Gasteiger partial charge is 0.348 e. The first kappa shape index (κ1) is 15.0. The predicted molar refractivity (Wildman–Crippen MR) is 71.6 cm³/mol. The SMILES string of the molecule is Cc1ccc(C(=O)NCc2ccc(C(F)(F)F)cc2)cn1. The molecule has 0 saturated carbocycles. The lowest BCUT2D eigenvalue weighted by Gasteiger charge is -2.08. The normalized spacial score (nSPS) is 11.2. The summed E-state index contributed by atoms with van der Waals surface area (Å²) in [7, 11) is 0. The van der Waals surface area contributed by atoms with Crippen molar-refractivity contribution in [3.63, 3.8) is 0 Å². The van der Waals surface area contributed by atoms with Crippen molar-refractivity contribution in [2.24, 2.45) is 0 Å². The van der Waals surface area contributed by atoms with Crippen molar-refractivity contribution in [3.8, 4) is 0 Å². The van der Waals surface area contributed by atoms with Crippen LogP contribution in [0.15, 0.2) is 42.6 Å². The Morgan fingerprint density at radius 1 is 1.14 bits per heavy atom. The van der Waals surface area contributed by atoms with E-state index in [9.17, 15) is 18.0 Å². The van der Waals surface area contributed by atoms with Crippen molar-refractivity contribution in [3.05, 3.63) is 65.0 Å². The number of amides is 1. The number of carbonyl (C=O) groups is 1. The third-order valence-corrected chi connectivity index (χ3v) is 2.91. The number of benzene rings is 1. The van der Waals surface area contributed by atoms with E-state index >= 15 is 0 Å². The van der Waals surface area contributed by atoms with Crippen LogP contribution in [0.5, 0.6) is 0 Å². The van der Waals surface area contributed by atoms with Crippen LogP contribution in [-0.4, -0.2) is 10.9 Å². The summed E-state index contributed by atoms with van der Waals surface area (Å²) in [6.07, 6.45) is -2.90. The van der Waals surface area contributed by atoms with E-state index in [0.717, 1.165) is 17.8 Å². The standard InChI is InChI=1S/C15H13F3N2O/c1-10-2-5-12(9-19-10)14(21)20-8-11-3-6-13(7-4-11)15(16,17)18/h2-7,9H,8H2,1H3,(H,20,21). The molecule has 0 spiro atoms. The van der Waals surface area contributed by atoms with Crippen molar-refractivity contribution in [1.82, 2.24) is 10.3 Å². The molecule has 0 fully saturated rings. The minimum atomic E-state index is -4.35. The lowest BCUT2D eigenvalue weighted by atomic mass is 10.1. The highest BCUT2D eigenvalue weighted by atomic mass is 19.4. The molecule has 6 heteroatoms. The monoisotopic (exact) mass is 294 g/mol. The highest BCUT2D eigenvalue weighted by Crippen LogP contribution is 2.29. The van der Waals surface area contributed by atoms with E-state index in [4.69, 9.17) is 0 Å². The van der Waals surface area contributed by atoms with E-state index in [0.29, 0.717) is 11.1 Å². The molecule has 21 heavy (non-hydrogen) atoms. The van der Waals surface area contributed by atoms with Crippen molar-refractivity contribution in [2.75, 3.05) is 0 Å². The second-order valence-electron chi connectivity index (χ2n) is 4.57. The quantitative estimate of drug-likeness (QED) is 0.943. The van der Waals surface area contributed by atoms with E-state index in [1.165, 1.54) is 18.3 Å². The summed E-state index contributed by atoms with van der Waals surface area (Å²) in [5, 5.41) is 2.63. The number of hydrogen-bond acceptors (Lipinski definition) is 2. The Bertz CT molecular complexity index is 619. The van der Waals surface area contributed by atoms with Gasteiger partial charge in [0.05, 0.1) is 11.1 Å². The first-order valence-corrected chi connectivity index (χ1v) is 6.23. The minimum absolute atomic E-state index is 0.158. The zero-order valence-electron chi connectivity index (χ0n) is 11.2. The average Bonchev–Trinajstić information content (AvgIpc) is 2.45. The number of nitrogens with zero attached hydrogens (tertiary/aromatic N) is 1. The molecule has 0 saturated heterocycles. The largest absolute Gasteiger partial charge is 0.416 e. The average molecular weight is 294 g/mol. The van der Waals surface area contributed by atoms with E-state index in [1.807, 2.05) is 6.92 Å². The third-order valence-electron chi connectivity index (χ3n) is 2.91. The van der Waals surface area contributed by atoms with Gasteiger partial charge in [-0.05, 0) is 36.8 Å². The summed E-state index contributed by atoms with van der Waals surface area (Å²) >= 11 is 0. The number of aryl methyl sites for hydroxylation is 1. The third kappa shape index (κ3) is 4.05. The van der Waals surface area contributed by atoms with Crippen molar-refractivity contribution in [1.29, 1.82) is 0 Å². The van der Waals surface area contributed by atoms with Gasteiger partial charge in [0, 0.05) is 18.4 Å². The van der Waals surface area contributed by atoms with Crippen LogP contribution >= 0.6 is 0 Å². The number of rotatable bonds is 3. The number of carbonyl (C=O) groups excluding carboxylic acids is 1. The first-order valence-electron chi connectivity index (χ1n) is 6.23. The Morgan fingerprint density at radius 2 is 1.81 bits per heavy atom. The summed E-state index contributed by atoms with van der Waals surface area (Å²) < 4.78 is 37.2. The highest BCUT2D eigenvalue weighted by Gasteiger charge is 2.29. The van der Waals surface area contributed by atoms with E-state index in [1.54, 1.807) is 12.1 Å². The van der Waals surface area contributed by atoms with Crippen molar-refractivity contribution < 1.29 is 18.0 Å². The van der Waals surface area contributed by atoms with Crippen LogP contribution in [0.3, 0.4) is 0 Å². The van der Waals surface area contributed by atoms with Crippen LogP contribution in [-0.2, 0) is 12.7 Å². The molecule has 1 aromatic heterocycles. The molecule has 2 rings (SSSR count). The van der Waals surface area contributed by atoms with Gasteiger partial charge in [-0.2, -0.15) is 13.2 Å². The molecule has 2 aromatic rings. The maximum Gasteiger partial charge on any atom is 0.416 e. The van der Waals surface area contributed by atoms with Crippen molar-refractivity contribution >= 4 is 5.91 Å². The molecular weight excluding hydrogens is 281 g/mol. The highest BCUT2D eigenvalue weighted by molar-refractivity contribution is 5.93. The molecule has 1 amide bonds. The van der Waals surface area contributed by atoms with Gasteiger partial charge >= 0.3 is 6.18 Å². The Hall–Kier alpha value is -2.37. The molecule has 0 aliphatic rings. The van der Waals surface area contributed by atoms with Crippen molar-refractivity contribution in [2.45, 2.75) is 19.6 Å². The van der Waals surface area contributed by atoms with Crippen LogP contribution in [0.2, 0.25) is 0 Å². The van der Waals surface area contributed by atoms with Crippen LogP contribution < -0.4 is 5.32 Å². The molecule has 0 atom stereocenters. The van der Waals surface area contributed by atoms with Crippen LogP contribution in [0.25, 0.3) is 0 Å². The molecular formula is C15H13F3N2O. The van der Waals surface area contributed by atoms with Gasteiger partial charge in [0.1, 0.15) is 0 Å². The molecule has 0 radical (unpaired) electrons. The van der Waals surface area contributed by atoms with Crippen LogP contribution in [0, 0.1) is 6.92 Å². The maximum absolute atomic E-state index is 12.4. The zero-order chi connectivity index (χ0) is 15.5. The molecule has 1 heterocycles. The Labute approximate surface area is 119 Å². The Morgan fingerprint density at radius 3 is 2.33 bits per heavy atom. The van der Waals surface area contributed by atoms with Crippen LogP contribution in [0.1, 0.15) is 27.2 Å². The molecule has 0 aliphatic heterocycles. The molecule has 1 N–H and O–H groups in total. The number of aromatic nitrogens is 1. The van der Waals surface area contributed by atoms with Gasteiger partial charge in [-0.15, -0.1) is 0 Å². The molecule has 3 nitrogen and oxygen atoms in total. The molecule has 0 unspecified atom stereocenters. The second-order valence-corrected chi connectivity index (χ2v) is 4.57. The zero-order valence-corrected chi connectivity index (χ0v) is 11.2. The molecule has 1 aromatic carbocycles. The van der Waals surface area contributed by atoms with Gasteiger partial charge in [0.25, 0.3) is 5.91 Å². The van der Waals surface area contributed by atoms with Crippen LogP contribution in [0.4, 0.5) is 13.2 Å². The topological polar surface area (TPSA) is 42.0 Å².